The van der Waals surface area contributed by atoms with Crippen LogP contribution in [0, 0.1) is 0 Å². The van der Waals surface area contributed by atoms with Crippen molar-refractivity contribution in [3.63, 3.8) is 0 Å². The normalized spacial score (nSPS) is 13.3. The van der Waals surface area contributed by atoms with Crippen molar-refractivity contribution >= 4 is 66.4 Å². The topological polar surface area (TPSA) is 6.48 Å². The van der Waals surface area contributed by atoms with Crippen molar-refractivity contribution in [2.75, 3.05) is 9.80 Å². The van der Waals surface area contributed by atoms with E-state index < -0.39 is 0 Å². The van der Waals surface area contributed by atoms with Crippen LogP contribution < -0.4 is 9.80 Å². The lowest BCUT2D eigenvalue weighted by Gasteiger charge is -2.38. The second-order valence-electron chi connectivity index (χ2n) is 21.9. The molecular weight excluding hydrogens is 809 g/mol. The molecule has 0 radical (unpaired) electrons. The Kier molecular flexibility index (Phi) is 9.98. The Balaban J connectivity index is 1.35. The molecule has 1 aliphatic heterocycles. The van der Waals surface area contributed by atoms with Crippen molar-refractivity contribution in [1.29, 1.82) is 0 Å². The fourth-order valence-corrected chi connectivity index (χ4v) is 10.7. The van der Waals surface area contributed by atoms with Gasteiger partial charge in [0.15, 0.2) is 0 Å². The SMILES string of the molecule is CC(C)(C)c1cc2ccc3c4cc(c5ccc(c1)c2c35)N(c1cc(-c2ccccc2)ccc1C(C)(C)C)c1ccccc1Cc1ccccc1N4c1cc(-c2ccccc2)ccc1C(C)(C)C. The summed E-state index contributed by atoms with van der Waals surface area (Å²) in [6.45, 7) is 21.1. The number of hydrogen-bond acceptors (Lipinski definition) is 2. The molecule has 0 amide bonds. The van der Waals surface area contributed by atoms with Gasteiger partial charge in [0.1, 0.15) is 0 Å². The van der Waals surface area contributed by atoms with Crippen LogP contribution in [0.1, 0.15) is 90.1 Å². The summed E-state index contributed by atoms with van der Waals surface area (Å²) in [7, 11) is 0. The van der Waals surface area contributed by atoms with Crippen LogP contribution in [-0.2, 0) is 22.7 Å². The predicted octanol–water partition coefficient (Wildman–Crippen LogP) is 18.7. The van der Waals surface area contributed by atoms with E-state index in [1.807, 2.05) is 0 Å². The molecule has 0 atom stereocenters. The van der Waals surface area contributed by atoms with Gasteiger partial charge in [-0.1, -0.05) is 220 Å². The molecule has 10 aromatic carbocycles. The third-order valence-electron chi connectivity index (χ3n) is 14.2. The Morgan fingerprint density at radius 3 is 1.15 bits per heavy atom. The van der Waals surface area contributed by atoms with Crippen LogP contribution in [0.15, 0.2) is 188 Å². The Bertz CT molecular complexity index is 3270. The predicted molar refractivity (Wildman–Crippen MR) is 289 cm³/mol. The number of para-hydroxylation sites is 2. The zero-order chi connectivity index (χ0) is 46.4. The van der Waals surface area contributed by atoms with Crippen LogP contribution in [0.2, 0.25) is 0 Å². The summed E-state index contributed by atoms with van der Waals surface area (Å²) >= 11 is 0. The van der Waals surface area contributed by atoms with E-state index in [1.165, 1.54) is 117 Å². The van der Waals surface area contributed by atoms with E-state index in [0.717, 1.165) is 6.42 Å². The minimum absolute atomic E-state index is 0.000945. The van der Waals surface area contributed by atoms with Gasteiger partial charge in [0.2, 0.25) is 0 Å². The van der Waals surface area contributed by atoms with Gasteiger partial charge in [-0.15, -0.1) is 0 Å². The number of hydrogen-bond donors (Lipinski definition) is 0. The molecule has 10 aromatic rings. The quantitative estimate of drug-likeness (QED) is 0.163. The summed E-state index contributed by atoms with van der Waals surface area (Å²) in [5.41, 5.74) is 18.1. The summed E-state index contributed by atoms with van der Waals surface area (Å²) in [6, 6.07) is 71.4. The summed E-state index contributed by atoms with van der Waals surface area (Å²) < 4.78 is 0. The minimum Gasteiger partial charge on any atom is -0.309 e. The maximum atomic E-state index is 2.63. The number of rotatable bonds is 4. The van der Waals surface area contributed by atoms with Crippen molar-refractivity contribution in [2.45, 2.75) is 85.0 Å². The van der Waals surface area contributed by atoms with Crippen LogP contribution in [-0.4, -0.2) is 0 Å². The van der Waals surface area contributed by atoms with Crippen molar-refractivity contribution in [3.05, 3.63) is 216 Å². The van der Waals surface area contributed by atoms with E-state index in [0.29, 0.717) is 0 Å². The molecule has 2 nitrogen and oxygen atoms in total. The molecule has 0 fully saturated rings. The summed E-state index contributed by atoms with van der Waals surface area (Å²) in [4.78, 5) is 5.27. The van der Waals surface area contributed by atoms with Gasteiger partial charge in [-0.2, -0.15) is 0 Å². The molecule has 1 aliphatic rings. The van der Waals surface area contributed by atoms with Crippen molar-refractivity contribution < 1.29 is 0 Å². The fourth-order valence-electron chi connectivity index (χ4n) is 10.7. The number of anilines is 6. The highest BCUT2D eigenvalue weighted by molar-refractivity contribution is 6.29. The highest BCUT2D eigenvalue weighted by Crippen LogP contribution is 2.55. The van der Waals surface area contributed by atoms with Gasteiger partial charge in [0.05, 0.1) is 22.7 Å². The molecule has 2 bridgehead atoms. The summed E-state index contributed by atoms with van der Waals surface area (Å²) in [5, 5.41) is 7.63. The van der Waals surface area contributed by atoms with Gasteiger partial charge < -0.3 is 9.80 Å². The molecule has 67 heavy (non-hydrogen) atoms. The van der Waals surface area contributed by atoms with Gasteiger partial charge >= 0.3 is 0 Å². The van der Waals surface area contributed by atoms with Crippen molar-refractivity contribution in [1.82, 2.24) is 0 Å². The fraction of sp³-hybridized carbons (Fsp3) is 0.200. The van der Waals surface area contributed by atoms with Gasteiger partial charge in [0.25, 0.3) is 0 Å². The van der Waals surface area contributed by atoms with Gasteiger partial charge in [-0.25, -0.2) is 0 Å². The zero-order valence-corrected chi connectivity index (χ0v) is 40.5. The van der Waals surface area contributed by atoms with E-state index in [2.05, 4.69) is 260 Å². The smallest absolute Gasteiger partial charge is 0.0561 e. The van der Waals surface area contributed by atoms with Gasteiger partial charge in [-0.05, 0) is 113 Å². The van der Waals surface area contributed by atoms with Crippen LogP contribution in [0.3, 0.4) is 0 Å². The number of benzene rings is 10. The first-order chi connectivity index (χ1) is 32.1. The second-order valence-corrected chi connectivity index (χ2v) is 21.9. The highest BCUT2D eigenvalue weighted by Gasteiger charge is 2.33. The van der Waals surface area contributed by atoms with Crippen LogP contribution >= 0.6 is 0 Å². The zero-order valence-electron chi connectivity index (χ0n) is 40.5. The maximum absolute atomic E-state index is 2.63. The average molecular weight is 869 g/mol. The molecule has 0 saturated carbocycles. The standard InChI is InChI=1S/C65H60N2/c1-63(2,3)50-37-48-28-32-51-57-41-58(52-33-29-49(38-50)61(48)62(51)52)67(60-40-45(43-22-14-11-15-23-43)31-35-54(60)65(7,8)9)56-27-19-17-25-47(56)36-46-24-16-18-26-55(46)66(57)59-39-44(42-20-12-10-13-21-42)30-34-53(59)64(4,5)6/h10-35,37-41H,36H2,1-9H3. The first-order valence-corrected chi connectivity index (χ1v) is 24.1. The van der Waals surface area contributed by atoms with E-state index in [1.54, 1.807) is 0 Å². The van der Waals surface area contributed by atoms with Gasteiger partial charge in [-0.3, -0.25) is 0 Å². The molecular formula is C65H60N2. The van der Waals surface area contributed by atoms with E-state index in [4.69, 9.17) is 0 Å². The third-order valence-corrected chi connectivity index (χ3v) is 14.2. The van der Waals surface area contributed by atoms with Crippen molar-refractivity contribution in [3.8, 4) is 22.3 Å². The Morgan fingerprint density at radius 2 is 0.731 bits per heavy atom. The van der Waals surface area contributed by atoms with Crippen molar-refractivity contribution in [2.24, 2.45) is 0 Å². The third kappa shape index (κ3) is 7.35. The van der Waals surface area contributed by atoms with E-state index >= 15 is 0 Å². The minimum atomic E-state index is -0.164. The first kappa shape index (κ1) is 42.5. The Morgan fingerprint density at radius 1 is 0.313 bits per heavy atom. The molecule has 11 rings (SSSR count). The molecule has 0 aromatic heterocycles. The number of nitrogens with zero attached hydrogens (tertiary/aromatic N) is 2. The molecule has 0 N–H and O–H groups in total. The average Bonchev–Trinajstić information content (AvgIpc) is 3.31. The van der Waals surface area contributed by atoms with Crippen LogP contribution in [0.25, 0.3) is 54.6 Å². The van der Waals surface area contributed by atoms with E-state index in [-0.39, 0.29) is 16.2 Å². The molecule has 0 unspecified atom stereocenters. The second kappa shape index (κ2) is 15.7. The first-order valence-electron chi connectivity index (χ1n) is 24.1. The largest absolute Gasteiger partial charge is 0.309 e. The number of fused-ring (bicyclic) bond motifs is 6. The Hall–Kier alpha value is -7.16. The molecule has 2 heteroatoms. The summed E-state index contributed by atoms with van der Waals surface area (Å²) in [5.74, 6) is 0. The van der Waals surface area contributed by atoms with Crippen LogP contribution in [0.4, 0.5) is 34.1 Å². The molecule has 330 valence electrons. The molecule has 0 saturated heterocycles. The molecule has 0 aliphatic carbocycles. The lowest BCUT2D eigenvalue weighted by molar-refractivity contribution is 0.591. The maximum Gasteiger partial charge on any atom is 0.0561 e. The lowest BCUT2D eigenvalue weighted by atomic mass is 9.82. The monoisotopic (exact) mass is 868 g/mol. The highest BCUT2D eigenvalue weighted by atomic mass is 15.2. The summed E-state index contributed by atoms with van der Waals surface area (Å²) in [6.07, 6.45) is 0.752. The van der Waals surface area contributed by atoms with Gasteiger partial charge in [0, 0.05) is 34.0 Å². The lowest BCUT2D eigenvalue weighted by Crippen LogP contribution is -2.23. The molecule has 0 spiro atoms. The Labute approximate surface area is 397 Å². The van der Waals surface area contributed by atoms with Crippen LogP contribution in [0.5, 0.6) is 0 Å². The molecule has 1 heterocycles. The van der Waals surface area contributed by atoms with E-state index in [9.17, 15) is 0 Å².